The number of aryl methyl sites for hydroxylation is 2. The second kappa shape index (κ2) is 6.94. The number of nitrogens with zero attached hydrogens (tertiary/aromatic N) is 4. The Morgan fingerprint density at radius 3 is 2.96 bits per heavy atom. The van der Waals surface area contributed by atoms with Gasteiger partial charge in [0.25, 0.3) is 5.91 Å². The first-order chi connectivity index (χ1) is 12.7. The van der Waals surface area contributed by atoms with Gasteiger partial charge in [0, 0.05) is 31.6 Å². The number of piperidine rings is 1. The van der Waals surface area contributed by atoms with Gasteiger partial charge in [-0.1, -0.05) is 24.2 Å². The summed E-state index contributed by atoms with van der Waals surface area (Å²) in [5.41, 5.74) is 2.61. The first kappa shape index (κ1) is 16.8. The van der Waals surface area contributed by atoms with Crippen molar-refractivity contribution in [2.45, 2.75) is 45.6 Å². The van der Waals surface area contributed by atoms with E-state index in [1.807, 2.05) is 11.0 Å². The van der Waals surface area contributed by atoms with Crippen molar-refractivity contribution in [1.82, 2.24) is 19.6 Å². The summed E-state index contributed by atoms with van der Waals surface area (Å²) in [5, 5.41) is 3.88. The third kappa shape index (κ3) is 3.00. The van der Waals surface area contributed by atoms with Gasteiger partial charge in [0.05, 0.1) is 11.0 Å². The van der Waals surface area contributed by atoms with Crippen LogP contribution in [0.5, 0.6) is 0 Å². The van der Waals surface area contributed by atoms with Crippen molar-refractivity contribution in [2.75, 3.05) is 13.1 Å². The number of benzene rings is 1. The van der Waals surface area contributed by atoms with Crippen LogP contribution >= 0.6 is 0 Å². The van der Waals surface area contributed by atoms with Gasteiger partial charge >= 0.3 is 0 Å². The molecular weight excluding hydrogens is 328 g/mol. The van der Waals surface area contributed by atoms with Crippen LogP contribution in [0.4, 0.5) is 0 Å². The lowest BCUT2D eigenvalue weighted by Crippen LogP contribution is -2.40. The lowest BCUT2D eigenvalue weighted by atomic mass is 9.96. The second-order valence-corrected chi connectivity index (χ2v) is 7.02. The van der Waals surface area contributed by atoms with Gasteiger partial charge in [0.1, 0.15) is 11.6 Å². The largest absolute Gasteiger partial charge is 0.361 e. The van der Waals surface area contributed by atoms with Gasteiger partial charge in [-0.25, -0.2) is 4.98 Å². The maximum Gasteiger partial charge on any atom is 0.276 e. The number of carbonyl (C=O) groups excluding carboxylic acids is 1. The zero-order chi connectivity index (χ0) is 18.1. The molecule has 1 aliphatic rings. The number of aromatic nitrogens is 3. The molecule has 0 N–H and O–H groups in total. The molecule has 3 heterocycles. The zero-order valence-corrected chi connectivity index (χ0v) is 15.3. The van der Waals surface area contributed by atoms with E-state index in [-0.39, 0.29) is 11.8 Å². The van der Waals surface area contributed by atoms with Crippen LogP contribution in [0.25, 0.3) is 11.0 Å². The Labute approximate surface area is 152 Å². The number of amides is 1. The molecule has 1 fully saturated rings. The van der Waals surface area contributed by atoms with E-state index in [4.69, 9.17) is 9.51 Å². The normalized spacial score (nSPS) is 17.8. The van der Waals surface area contributed by atoms with Gasteiger partial charge in [-0.15, -0.1) is 0 Å². The smallest absolute Gasteiger partial charge is 0.276 e. The maximum absolute atomic E-state index is 12.7. The summed E-state index contributed by atoms with van der Waals surface area (Å²) in [7, 11) is 0. The number of likely N-dealkylation sites (tertiary alicyclic amines) is 1. The van der Waals surface area contributed by atoms with Crippen molar-refractivity contribution in [2.24, 2.45) is 0 Å². The fourth-order valence-electron chi connectivity index (χ4n) is 3.87. The summed E-state index contributed by atoms with van der Waals surface area (Å²) >= 11 is 0. The van der Waals surface area contributed by atoms with Gasteiger partial charge in [-0.3, -0.25) is 4.79 Å². The number of carbonyl (C=O) groups is 1. The highest BCUT2D eigenvalue weighted by atomic mass is 16.5. The molecule has 1 atom stereocenters. The highest BCUT2D eigenvalue weighted by molar-refractivity contribution is 5.92. The molecule has 0 radical (unpaired) electrons. The maximum atomic E-state index is 12.7. The molecule has 136 valence electrons. The van der Waals surface area contributed by atoms with Crippen LogP contribution in [0.1, 0.15) is 54.2 Å². The average molecular weight is 352 g/mol. The number of para-hydroxylation sites is 2. The van der Waals surface area contributed by atoms with Crippen LogP contribution in [-0.2, 0) is 6.54 Å². The van der Waals surface area contributed by atoms with Crippen molar-refractivity contribution >= 4 is 16.9 Å². The average Bonchev–Trinajstić information content (AvgIpc) is 3.26. The molecule has 6 heteroatoms. The minimum Gasteiger partial charge on any atom is -0.361 e. The monoisotopic (exact) mass is 352 g/mol. The molecule has 4 rings (SSSR count). The second-order valence-electron chi connectivity index (χ2n) is 7.02. The Balaban J connectivity index is 1.62. The molecule has 1 aliphatic heterocycles. The molecule has 0 bridgehead atoms. The zero-order valence-electron chi connectivity index (χ0n) is 15.3. The topological polar surface area (TPSA) is 64.2 Å². The molecule has 2 aromatic heterocycles. The molecule has 6 nitrogen and oxygen atoms in total. The Morgan fingerprint density at radius 1 is 1.35 bits per heavy atom. The van der Waals surface area contributed by atoms with Gasteiger partial charge < -0.3 is 14.0 Å². The summed E-state index contributed by atoms with van der Waals surface area (Å²) < 4.78 is 7.39. The molecule has 0 spiro atoms. The first-order valence-electron chi connectivity index (χ1n) is 9.35. The van der Waals surface area contributed by atoms with Gasteiger partial charge in [-0.2, -0.15) is 0 Å². The molecule has 1 unspecified atom stereocenters. The summed E-state index contributed by atoms with van der Waals surface area (Å²) in [6.07, 6.45) is 3.08. The predicted molar refractivity (Wildman–Crippen MR) is 99.1 cm³/mol. The number of fused-ring (bicyclic) bond motifs is 1. The summed E-state index contributed by atoms with van der Waals surface area (Å²) in [4.78, 5) is 19.6. The first-order valence-corrected chi connectivity index (χ1v) is 9.35. The summed E-state index contributed by atoms with van der Waals surface area (Å²) in [6, 6.07) is 9.99. The Kier molecular flexibility index (Phi) is 4.49. The Morgan fingerprint density at radius 2 is 2.19 bits per heavy atom. The summed E-state index contributed by atoms with van der Waals surface area (Å²) in [6.45, 7) is 6.37. The van der Waals surface area contributed by atoms with Crippen molar-refractivity contribution in [3.05, 3.63) is 47.6 Å². The molecule has 0 aliphatic carbocycles. The highest BCUT2D eigenvalue weighted by Gasteiger charge is 2.30. The Hall–Kier alpha value is -2.63. The minimum absolute atomic E-state index is 0.0512. The third-order valence-corrected chi connectivity index (χ3v) is 5.05. The molecule has 1 aromatic carbocycles. The van der Waals surface area contributed by atoms with E-state index in [2.05, 4.69) is 34.8 Å². The lowest BCUT2D eigenvalue weighted by molar-refractivity contribution is 0.0693. The number of hydrogen-bond donors (Lipinski definition) is 0. The molecule has 1 amide bonds. The molecular formula is C20H24N4O2. The predicted octanol–water partition coefficient (Wildman–Crippen LogP) is 3.76. The van der Waals surface area contributed by atoms with E-state index in [1.54, 1.807) is 13.0 Å². The van der Waals surface area contributed by atoms with Crippen molar-refractivity contribution in [1.29, 1.82) is 0 Å². The van der Waals surface area contributed by atoms with Crippen LogP contribution < -0.4 is 0 Å². The Bertz CT molecular complexity index is 927. The minimum atomic E-state index is -0.0512. The third-order valence-electron chi connectivity index (χ3n) is 5.05. The number of hydrogen-bond acceptors (Lipinski definition) is 4. The van der Waals surface area contributed by atoms with Crippen molar-refractivity contribution < 1.29 is 9.32 Å². The van der Waals surface area contributed by atoms with Crippen LogP contribution in [0.2, 0.25) is 0 Å². The fraction of sp³-hybridized carbons (Fsp3) is 0.450. The van der Waals surface area contributed by atoms with E-state index in [9.17, 15) is 4.79 Å². The van der Waals surface area contributed by atoms with Crippen LogP contribution in [0, 0.1) is 6.92 Å². The van der Waals surface area contributed by atoms with E-state index in [1.165, 1.54) is 5.52 Å². The van der Waals surface area contributed by atoms with Gasteiger partial charge in [-0.05, 0) is 38.3 Å². The van der Waals surface area contributed by atoms with E-state index >= 15 is 0 Å². The van der Waals surface area contributed by atoms with E-state index < -0.39 is 0 Å². The summed E-state index contributed by atoms with van der Waals surface area (Å²) in [5.74, 6) is 1.96. The van der Waals surface area contributed by atoms with Gasteiger partial charge in [0.2, 0.25) is 0 Å². The van der Waals surface area contributed by atoms with Crippen LogP contribution in [0.3, 0.4) is 0 Å². The van der Waals surface area contributed by atoms with E-state index in [0.717, 1.165) is 43.7 Å². The van der Waals surface area contributed by atoms with Gasteiger partial charge in [0.15, 0.2) is 5.69 Å². The van der Waals surface area contributed by atoms with Crippen LogP contribution in [0.15, 0.2) is 34.9 Å². The lowest BCUT2D eigenvalue weighted by Gasteiger charge is -2.32. The SMILES string of the molecule is CCCn1c(C2CCCN(C(=O)c3cc(C)on3)C2)nc2ccccc21. The number of rotatable bonds is 4. The van der Waals surface area contributed by atoms with Crippen molar-refractivity contribution in [3.63, 3.8) is 0 Å². The molecule has 0 saturated carbocycles. The molecule has 1 saturated heterocycles. The highest BCUT2D eigenvalue weighted by Crippen LogP contribution is 2.30. The van der Waals surface area contributed by atoms with Crippen molar-refractivity contribution in [3.8, 4) is 0 Å². The standard InChI is InChI=1S/C20H24N4O2/c1-3-10-24-18-9-5-4-8-16(18)21-19(24)15-7-6-11-23(13-15)20(25)17-12-14(2)26-22-17/h4-5,8-9,12,15H,3,6-7,10-11,13H2,1-2H3. The quantitative estimate of drug-likeness (QED) is 0.717. The molecule has 3 aromatic rings. The fourth-order valence-corrected chi connectivity index (χ4v) is 3.87. The molecule has 26 heavy (non-hydrogen) atoms. The number of imidazole rings is 1. The van der Waals surface area contributed by atoms with Crippen LogP contribution in [-0.4, -0.2) is 38.6 Å². The van der Waals surface area contributed by atoms with E-state index in [0.29, 0.717) is 18.0 Å².